The number of ketones is 1. The predicted octanol–water partition coefficient (Wildman–Crippen LogP) is 8.59. The number of carbonyl (C=O) groups is 1. The molecule has 0 aromatic heterocycles. The van der Waals surface area contributed by atoms with Gasteiger partial charge >= 0.3 is 0 Å². The lowest BCUT2D eigenvalue weighted by Gasteiger charge is -2.30. The number of nitrogens with one attached hydrogen (secondary N) is 1. The second-order valence-corrected chi connectivity index (χ2v) is 11.6. The molecule has 0 heterocycles. The van der Waals surface area contributed by atoms with Crippen LogP contribution in [0.5, 0.6) is 0 Å². The van der Waals surface area contributed by atoms with Crippen LogP contribution in [0.2, 0.25) is 0 Å². The van der Waals surface area contributed by atoms with E-state index in [0.717, 1.165) is 74.6 Å². The Bertz CT molecular complexity index is 1220. The van der Waals surface area contributed by atoms with E-state index in [0.29, 0.717) is 17.8 Å². The number of nitrogens with zero attached hydrogens (tertiary/aromatic N) is 4. The first-order valence-electron chi connectivity index (χ1n) is 16.0. The summed E-state index contributed by atoms with van der Waals surface area (Å²) in [5.74, 6) is -0.0192. The number of carbonyl (C=O) groups excluding carboxylic acids is 1. The topological polar surface area (TPSA) is 51.2 Å². The van der Waals surface area contributed by atoms with Crippen molar-refractivity contribution in [3.63, 3.8) is 0 Å². The van der Waals surface area contributed by atoms with Crippen molar-refractivity contribution in [2.24, 2.45) is 4.99 Å². The second kappa shape index (κ2) is 16.2. The van der Waals surface area contributed by atoms with Gasteiger partial charge in [-0.05, 0) is 109 Å². The van der Waals surface area contributed by atoms with E-state index in [9.17, 15) is 4.79 Å². The van der Waals surface area contributed by atoms with E-state index in [1.165, 1.54) is 11.4 Å². The van der Waals surface area contributed by atoms with Crippen molar-refractivity contribution in [2.45, 2.75) is 93.2 Å². The molecule has 0 bridgehead atoms. The van der Waals surface area contributed by atoms with Gasteiger partial charge in [0.25, 0.3) is 0 Å². The van der Waals surface area contributed by atoms with E-state index < -0.39 is 0 Å². The Morgan fingerprint density at radius 2 is 1.21 bits per heavy atom. The minimum Gasteiger partial charge on any atom is -0.370 e. The maximum absolute atomic E-state index is 13.5. The van der Waals surface area contributed by atoms with Crippen molar-refractivity contribution in [3.8, 4) is 0 Å². The van der Waals surface area contributed by atoms with Crippen LogP contribution < -0.4 is 15.1 Å². The van der Waals surface area contributed by atoms with E-state index in [1.807, 2.05) is 18.2 Å². The summed E-state index contributed by atoms with van der Waals surface area (Å²) in [6.07, 6.45) is 8.07. The number of rotatable bonds is 16. The molecule has 1 aliphatic carbocycles. The molecule has 228 valence electrons. The van der Waals surface area contributed by atoms with Crippen LogP contribution in [0.3, 0.4) is 0 Å². The molecule has 42 heavy (non-hydrogen) atoms. The van der Waals surface area contributed by atoms with E-state index in [2.05, 4.69) is 112 Å². The summed E-state index contributed by atoms with van der Waals surface area (Å²) in [6, 6.07) is 17.6. The van der Waals surface area contributed by atoms with Crippen LogP contribution in [0.1, 0.15) is 81.1 Å². The molecular weight excluding hydrogens is 518 g/mol. The first-order chi connectivity index (χ1) is 20.2. The quantitative estimate of drug-likeness (QED) is 0.205. The van der Waals surface area contributed by atoms with Crippen LogP contribution in [0, 0.1) is 0 Å². The largest absolute Gasteiger partial charge is 0.370 e. The highest BCUT2D eigenvalue weighted by Gasteiger charge is 2.23. The van der Waals surface area contributed by atoms with Crippen LogP contribution in [0.15, 0.2) is 77.1 Å². The molecule has 0 aliphatic heterocycles. The fourth-order valence-electron chi connectivity index (χ4n) is 5.49. The lowest BCUT2D eigenvalue weighted by molar-refractivity contribution is -0.111. The van der Waals surface area contributed by atoms with Gasteiger partial charge in [0.2, 0.25) is 5.78 Å². The first kappa shape index (κ1) is 33.0. The third kappa shape index (κ3) is 8.73. The molecule has 2 aromatic rings. The van der Waals surface area contributed by atoms with Gasteiger partial charge in [0, 0.05) is 61.4 Å². The van der Waals surface area contributed by atoms with Gasteiger partial charge in [-0.15, -0.1) is 0 Å². The molecule has 0 radical (unpaired) electrons. The zero-order chi connectivity index (χ0) is 30.6. The molecular formula is C36H53N5O. The molecule has 6 nitrogen and oxygen atoms in total. The van der Waals surface area contributed by atoms with E-state index >= 15 is 0 Å². The molecule has 0 amide bonds. The van der Waals surface area contributed by atoms with Gasteiger partial charge in [-0.2, -0.15) is 0 Å². The Balaban J connectivity index is 1.97. The highest BCUT2D eigenvalue weighted by atomic mass is 16.1. The average molecular weight is 572 g/mol. The normalized spacial score (nSPS) is 14.3. The van der Waals surface area contributed by atoms with Gasteiger partial charge < -0.3 is 20.0 Å². The molecule has 0 atom stereocenters. The van der Waals surface area contributed by atoms with Gasteiger partial charge in [0.15, 0.2) is 0 Å². The number of anilines is 3. The molecule has 0 spiro atoms. The average Bonchev–Trinajstić information content (AvgIpc) is 2.97. The van der Waals surface area contributed by atoms with Crippen molar-refractivity contribution in [1.82, 2.24) is 4.90 Å². The Kier molecular flexibility index (Phi) is 12.7. The molecule has 0 fully saturated rings. The monoisotopic (exact) mass is 571 g/mol. The molecule has 2 aromatic carbocycles. The fraction of sp³-hybridized carbons (Fsp3) is 0.500. The summed E-state index contributed by atoms with van der Waals surface area (Å²) < 4.78 is 0. The Morgan fingerprint density at radius 3 is 1.67 bits per heavy atom. The molecule has 0 saturated heterocycles. The Labute approximate surface area is 255 Å². The van der Waals surface area contributed by atoms with Crippen molar-refractivity contribution in [2.75, 3.05) is 41.3 Å². The Morgan fingerprint density at radius 1 is 0.714 bits per heavy atom. The molecule has 1 aliphatic rings. The van der Waals surface area contributed by atoms with Crippen LogP contribution in [0.4, 0.5) is 22.7 Å². The van der Waals surface area contributed by atoms with Gasteiger partial charge in [0.05, 0.1) is 22.8 Å². The minimum absolute atomic E-state index is 0.0192. The zero-order valence-corrected chi connectivity index (χ0v) is 27.3. The van der Waals surface area contributed by atoms with Gasteiger partial charge in [-0.1, -0.05) is 26.7 Å². The van der Waals surface area contributed by atoms with E-state index in [4.69, 9.17) is 4.99 Å². The van der Waals surface area contributed by atoms with Crippen LogP contribution in [-0.4, -0.2) is 54.7 Å². The summed E-state index contributed by atoms with van der Waals surface area (Å²) in [5.41, 5.74) is 6.42. The molecule has 6 heteroatoms. The highest BCUT2D eigenvalue weighted by Crippen LogP contribution is 2.27. The number of benzene rings is 2. The SMILES string of the molecule is CCCCN(CCCC)C1=CC(=O)C(Nc2ccc(N(CC)C(C)C)cc2)=CC1=Nc1ccc(N(CC)C(C)C)cc1. The summed E-state index contributed by atoms with van der Waals surface area (Å²) in [6.45, 7) is 21.3. The highest BCUT2D eigenvalue weighted by molar-refractivity contribution is 6.23. The molecule has 3 rings (SSSR count). The summed E-state index contributed by atoms with van der Waals surface area (Å²) in [4.78, 5) is 25.7. The van der Waals surface area contributed by atoms with Crippen LogP contribution in [0.25, 0.3) is 0 Å². The van der Waals surface area contributed by atoms with Crippen LogP contribution in [-0.2, 0) is 4.79 Å². The number of unbranched alkanes of at least 4 members (excludes halogenated alkanes) is 2. The second-order valence-electron chi connectivity index (χ2n) is 11.6. The third-order valence-corrected chi connectivity index (χ3v) is 7.82. The maximum atomic E-state index is 13.5. The van der Waals surface area contributed by atoms with Gasteiger partial charge in [-0.25, -0.2) is 4.99 Å². The summed E-state index contributed by atoms with van der Waals surface area (Å²) in [7, 11) is 0. The smallest absolute Gasteiger partial charge is 0.204 e. The number of aliphatic imine (C=N–C) groups is 1. The van der Waals surface area contributed by atoms with Crippen molar-refractivity contribution in [1.29, 1.82) is 0 Å². The lowest BCUT2D eigenvalue weighted by atomic mass is 10.0. The summed E-state index contributed by atoms with van der Waals surface area (Å²) >= 11 is 0. The van der Waals surface area contributed by atoms with Crippen molar-refractivity contribution in [3.05, 3.63) is 72.1 Å². The van der Waals surface area contributed by atoms with Gasteiger partial charge in [0.1, 0.15) is 0 Å². The standard InChI is InChI=1S/C36H53N5O/c1-9-13-23-39(24-14-10-2)35-26-36(42)34(38-30-17-21-32(22-18-30)41(12-4)28(7)8)25-33(35)37-29-15-19-31(20-16-29)40(11-3)27(5)6/h15-22,25-28,38H,9-14,23-24H2,1-8H3. The van der Waals surface area contributed by atoms with Crippen molar-refractivity contribution >= 4 is 34.2 Å². The molecule has 0 saturated carbocycles. The van der Waals surface area contributed by atoms with Gasteiger partial charge in [-0.3, -0.25) is 4.79 Å². The minimum atomic E-state index is -0.0192. The van der Waals surface area contributed by atoms with E-state index in [-0.39, 0.29) is 5.78 Å². The Hall–Kier alpha value is -3.54. The van der Waals surface area contributed by atoms with Crippen LogP contribution >= 0.6 is 0 Å². The zero-order valence-electron chi connectivity index (χ0n) is 27.3. The van der Waals surface area contributed by atoms with E-state index in [1.54, 1.807) is 6.08 Å². The number of hydrogen-bond acceptors (Lipinski definition) is 6. The number of allylic oxidation sites excluding steroid dienone is 2. The predicted molar refractivity (Wildman–Crippen MR) is 182 cm³/mol. The summed E-state index contributed by atoms with van der Waals surface area (Å²) in [5, 5.41) is 3.39. The third-order valence-electron chi connectivity index (χ3n) is 7.82. The number of hydrogen-bond donors (Lipinski definition) is 1. The molecule has 0 unspecified atom stereocenters. The first-order valence-corrected chi connectivity index (χ1v) is 16.0. The van der Waals surface area contributed by atoms with Crippen molar-refractivity contribution < 1.29 is 4.79 Å². The fourth-order valence-corrected chi connectivity index (χ4v) is 5.49. The lowest BCUT2D eigenvalue weighted by Crippen LogP contribution is -2.33. The maximum Gasteiger partial charge on any atom is 0.204 e. The molecule has 1 N–H and O–H groups in total.